The molecule has 3 atom stereocenters. The fourth-order valence-electron chi connectivity index (χ4n) is 2.15. The van der Waals surface area contributed by atoms with Gasteiger partial charge >= 0.3 is 11.9 Å². The molecule has 0 saturated carbocycles. The number of aliphatic hydroxyl groups excluding tert-OH is 2. The molecule has 0 bridgehead atoms. The van der Waals surface area contributed by atoms with Crippen molar-refractivity contribution in [3.05, 3.63) is 23.8 Å². The van der Waals surface area contributed by atoms with Crippen LogP contribution in [-0.4, -0.2) is 64.4 Å². The lowest BCUT2D eigenvalue weighted by molar-refractivity contribution is -0.167. The summed E-state index contributed by atoms with van der Waals surface area (Å²) in [5.74, 6) is -1.83. The zero-order valence-electron chi connectivity index (χ0n) is 13.9. The molecule has 1 rings (SSSR count). The number of phenolic OH excluding ortho intramolecular Hbond substituents is 2. The summed E-state index contributed by atoms with van der Waals surface area (Å²) in [5, 5.41) is 38.1. The third-order valence-electron chi connectivity index (χ3n) is 3.15. The van der Waals surface area contributed by atoms with Crippen molar-refractivity contribution in [3.8, 4) is 11.5 Å². The number of hydrogen-bond acceptors (Lipinski definition) is 9. The maximum Gasteiger partial charge on any atom is 0.303 e. The van der Waals surface area contributed by atoms with Crippen LogP contribution in [0, 0.1) is 0 Å². The largest absolute Gasteiger partial charge is 0.508 e. The van der Waals surface area contributed by atoms with Gasteiger partial charge in [-0.15, -0.1) is 0 Å². The van der Waals surface area contributed by atoms with Crippen molar-refractivity contribution >= 4 is 11.9 Å². The summed E-state index contributed by atoms with van der Waals surface area (Å²) in [6.45, 7) is 0.916. The minimum atomic E-state index is -1.16. The van der Waals surface area contributed by atoms with E-state index in [2.05, 4.69) is 0 Å². The van der Waals surface area contributed by atoms with Crippen LogP contribution in [0.4, 0.5) is 0 Å². The average Bonchev–Trinajstić information content (AvgIpc) is 2.53. The van der Waals surface area contributed by atoms with Gasteiger partial charge in [-0.3, -0.25) is 9.59 Å². The number of carbonyl (C=O) groups is 2. The second kappa shape index (κ2) is 9.82. The quantitative estimate of drug-likeness (QED) is 0.449. The second-order valence-corrected chi connectivity index (χ2v) is 5.24. The molecule has 140 valence electrons. The zero-order chi connectivity index (χ0) is 19.0. The zero-order valence-corrected chi connectivity index (χ0v) is 13.9. The molecule has 0 fully saturated rings. The van der Waals surface area contributed by atoms with E-state index < -0.39 is 43.5 Å². The second-order valence-electron chi connectivity index (χ2n) is 5.24. The lowest BCUT2D eigenvalue weighted by Crippen LogP contribution is -2.34. The molecule has 0 aliphatic carbocycles. The van der Waals surface area contributed by atoms with Crippen LogP contribution in [0.5, 0.6) is 11.5 Å². The topological polar surface area (TPSA) is 143 Å². The Bertz CT molecular complexity index is 587. The van der Waals surface area contributed by atoms with Gasteiger partial charge in [0, 0.05) is 25.5 Å². The number of rotatable bonds is 9. The Balaban J connectivity index is 3.05. The predicted octanol–water partition coefficient (Wildman–Crippen LogP) is 0.00350. The van der Waals surface area contributed by atoms with Gasteiger partial charge in [0.05, 0.1) is 19.8 Å². The van der Waals surface area contributed by atoms with Gasteiger partial charge in [0.25, 0.3) is 0 Å². The Morgan fingerprint density at radius 1 is 1.04 bits per heavy atom. The van der Waals surface area contributed by atoms with E-state index in [0.29, 0.717) is 0 Å². The first-order valence-electron chi connectivity index (χ1n) is 7.48. The van der Waals surface area contributed by atoms with E-state index in [4.69, 9.17) is 14.2 Å². The van der Waals surface area contributed by atoms with Crippen LogP contribution in [0.2, 0.25) is 0 Å². The summed E-state index contributed by atoms with van der Waals surface area (Å²) in [6, 6.07) is 3.67. The first-order chi connectivity index (χ1) is 11.8. The van der Waals surface area contributed by atoms with Crippen molar-refractivity contribution < 1.29 is 44.2 Å². The van der Waals surface area contributed by atoms with Crippen LogP contribution in [0.1, 0.15) is 25.5 Å². The monoisotopic (exact) mass is 358 g/mol. The van der Waals surface area contributed by atoms with Crippen molar-refractivity contribution in [3.63, 3.8) is 0 Å². The SMILES string of the molecule is CC(=O)OC(CO)COC(c1ccc(O)cc1O)C(CO)OC(C)=O. The standard InChI is InChI=1S/C16H22O9/c1-9(19)24-12(6-17)8-23-16(15(7-18)25-10(2)20)13-4-3-11(21)5-14(13)22/h3-5,12,15-18,21-22H,6-8H2,1-2H3. The van der Waals surface area contributed by atoms with Gasteiger partial charge < -0.3 is 34.6 Å². The Hall–Kier alpha value is -2.36. The molecule has 9 nitrogen and oxygen atoms in total. The molecule has 0 aromatic heterocycles. The maximum absolute atomic E-state index is 11.2. The molecule has 0 spiro atoms. The lowest BCUT2D eigenvalue weighted by Gasteiger charge is -2.28. The highest BCUT2D eigenvalue weighted by atomic mass is 16.6. The molecule has 1 aromatic rings. The van der Waals surface area contributed by atoms with E-state index >= 15 is 0 Å². The molecule has 1 aromatic carbocycles. The summed E-state index contributed by atoms with van der Waals surface area (Å²) in [7, 11) is 0. The molecule has 0 heterocycles. The summed E-state index contributed by atoms with van der Waals surface area (Å²) in [5.41, 5.74) is 0.137. The fourth-order valence-corrected chi connectivity index (χ4v) is 2.15. The van der Waals surface area contributed by atoms with E-state index in [1.165, 1.54) is 19.1 Å². The number of carbonyl (C=O) groups excluding carboxylic acids is 2. The fraction of sp³-hybridized carbons (Fsp3) is 0.500. The number of aliphatic hydroxyl groups is 2. The van der Waals surface area contributed by atoms with Gasteiger partial charge in [0.2, 0.25) is 0 Å². The van der Waals surface area contributed by atoms with Crippen molar-refractivity contribution in [2.75, 3.05) is 19.8 Å². The molecule has 0 saturated heterocycles. The van der Waals surface area contributed by atoms with E-state index in [-0.39, 0.29) is 23.7 Å². The highest BCUT2D eigenvalue weighted by molar-refractivity contribution is 5.66. The van der Waals surface area contributed by atoms with E-state index in [0.717, 1.165) is 13.0 Å². The minimum absolute atomic E-state index is 0.137. The molecule has 25 heavy (non-hydrogen) atoms. The van der Waals surface area contributed by atoms with Crippen molar-refractivity contribution in [2.24, 2.45) is 0 Å². The van der Waals surface area contributed by atoms with Crippen LogP contribution in [-0.2, 0) is 23.8 Å². The molecule has 9 heteroatoms. The van der Waals surface area contributed by atoms with Gasteiger partial charge in [0.1, 0.15) is 23.7 Å². The maximum atomic E-state index is 11.2. The number of aromatic hydroxyl groups is 2. The van der Waals surface area contributed by atoms with Crippen molar-refractivity contribution in [1.82, 2.24) is 0 Å². The molecule has 3 unspecified atom stereocenters. The van der Waals surface area contributed by atoms with Crippen LogP contribution >= 0.6 is 0 Å². The Kier molecular flexibility index (Phi) is 8.12. The van der Waals surface area contributed by atoms with Gasteiger partial charge in [0.15, 0.2) is 6.10 Å². The molecular weight excluding hydrogens is 336 g/mol. The Labute approximate surface area is 144 Å². The molecular formula is C16H22O9. The van der Waals surface area contributed by atoms with E-state index in [9.17, 15) is 30.0 Å². The van der Waals surface area contributed by atoms with Gasteiger partial charge in [-0.05, 0) is 12.1 Å². The van der Waals surface area contributed by atoms with Crippen LogP contribution in [0.3, 0.4) is 0 Å². The Morgan fingerprint density at radius 3 is 2.16 bits per heavy atom. The van der Waals surface area contributed by atoms with Crippen LogP contribution in [0.25, 0.3) is 0 Å². The lowest BCUT2D eigenvalue weighted by atomic mass is 10.0. The Morgan fingerprint density at radius 2 is 1.68 bits per heavy atom. The van der Waals surface area contributed by atoms with E-state index in [1.54, 1.807) is 0 Å². The summed E-state index contributed by atoms with van der Waals surface area (Å²) >= 11 is 0. The summed E-state index contributed by atoms with van der Waals surface area (Å²) in [4.78, 5) is 22.2. The number of benzene rings is 1. The smallest absolute Gasteiger partial charge is 0.303 e. The number of phenols is 2. The van der Waals surface area contributed by atoms with Crippen molar-refractivity contribution in [1.29, 1.82) is 0 Å². The van der Waals surface area contributed by atoms with Gasteiger partial charge in [-0.1, -0.05) is 0 Å². The summed E-state index contributed by atoms with van der Waals surface area (Å²) < 4.78 is 15.4. The van der Waals surface area contributed by atoms with Gasteiger partial charge in [-0.2, -0.15) is 0 Å². The highest BCUT2D eigenvalue weighted by Gasteiger charge is 2.30. The average molecular weight is 358 g/mol. The molecule has 0 amide bonds. The minimum Gasteiger partial charge on any atom is -0.508 e. The van der Waals surface area contributed by atoms with Gasteiger partial charge in [-0.25, -0.2) is 0 Å². The first-order valence-corrected chi connectivity index (χ1v) is 7.48. The van der Waals surface area contributed by atoms with Crippen molar-refractivity contribution in [2.45, 2.75) is 32.2 Å². The molecule has 0 radical (unpaired) electrons. The van der Waals surface area contributed by atoms with E-state index in [1.807, 2.05) is 0 Å². The molecule has 4 N–H and O–H groups in total. The number of esters is 2. The first kappa shape index (κ1) is 20.7. The molecule has 0 aliphatic heterocycles. The summed E-state index contributed by atoms with van der Waals surface area (Å²) in [6.07, 6.45) is -3.26. The highest BCUT2D eigenvalue weighted by Crippen LogP contribution is 2.33. The predicted molar refractivity (Wildman–Crippen MR) is 83.7 cm³/mol. The normalized spacial score (nSPS) is 14.4. The third-order valence-corrected chi connectivity index (χ3v) is 3.15. The number of ether oxygens (including phenoxy) is 3. The third kappa shape index (κ3) is 6.57. The van der Waals surface area contributed by atoms with Crippen LogP contribution < -0.4 is 0 Å². The number of hydrogen-bond donors (Lipinski definition) is 4. The van der Waals surface area contributed by atoms with Crippen LogP contribution in [0.15, 0.2) is 18.2 Å². The molecule has 0 aliphatic rings.